The van der Waals surface area contributed by atoms with Crippen LogP contribution in [0.5, 0.6) is 11.5 Å². The van der Waals surface area contributed by atoms with E-state index in [1.54, 1.807) is 12.1 Å². The van der Waals surface area contributed by atoms with Gasteiger partial charge >= 0.3 is 5.96 Å². The number of carbonyl (C=O) groups is 3. The lowest BCUT2D eigenvalue weighted by Gasteiger charge is -2.44. The van der Waals surface area contributed by atoms with Crippen LogP contribution in [0, 0.1) is 0 Å². The number of hydrogen-bond acceptors (Lipinski definition) is 12. The molecule has 3 amide bonds. The minimum absolute atomic E-state index is 0.0350. The van der Waals surface area contributed by atoms with Crippen LogP contribution in [0.1, 0.15) is 23.2 Å². The number of nitrogens with one attached hydrogen (secondary N) is 3. The topological polar surface area (TPSA) is 217 Å². The normalized spacial score (nSPS) is 31.6. The Labute approximate surface area is 203 Å². The summed E-state index contributed by atoms with van der Waals surface area (Å²) < 4.78 is 12.1. The van der Waals surface area contributed by atoms with Gasteiger partial charge in [-0.1, -0.05) is 6.07 Å². The van der Waals surface area contributed by atoms with Gasteiger partial charge in [-0.25, -0.2) is 9.57 Å². The molecule has 1 spiro atoms. The second-order valence-corrected chi connectivity index (χ2v) is 9.29. The maximum absolute atomic E-state index is 13.2. The fourth-order valence-electron chi connectivity index (χ4n) is 5.68. The molecule has 0 bridgehead atoms. The molecule has 2 fully saturated rings. The zero-order valence-corrected chi connectivity index (χ0v) is 18.9. The van der Waals surface area contributed by atoms with E-state index in [0.29, 0.717) is 5.75 Å². The first-order valence-electron chi connectivity index (χ1n) is 11.4. The first-order chi connectivity index (χ1) is 17.1. The van der Waals surface area contributed by atoms with Gasteiger partial charge in [0.25, 0.3) is 5.91 Å². The molecule has 36 heavy (non-hydrogen) atoms. The molecule has 6 rings (SSSR count). The number of fused-ring (bicyclic) bond motifs is 1. The average Bonchev–Trinajstić information content (AvgIpc) is 3.57. The van der Waals surface area contributed by atoms with Crippen molar-refractivity contribution in [2.24, 2.45) is 16.5 Å². The Bertz CT molecular complexity index is 1250. The lowest BCUT2D eigenvalue weighted by molar-refractivity contribution is -0.623. The maximum atomic E-state index is 13.2. The van der Waals surface area contributed by atoms with E-state index >= 15 is 0 Å². The Kier molecular flexibility index (Phi) is 4.62. The lowest BCUT2D eigenvalue weighted by Crippen LogP contribution is -2.79. The third-order valence-electron chi connectivity index (χ3n) is 7.35. The number of amides is 3. The van der Waals surface area contributed by atoms with Crippen molar-refractivity contribution >= 4 is 29.6 Å². The molecule has 15 nitrogen and oxygen atoms in total. The Hall–Kier alpha value is -4.11. The van der Waals surface area contributed by atoms with Crippen molar-refractivity contribution in [1.82, 2.24) is 20.9 Å². The molecule has 0 saturated carbocycles. The minimum Gasteiger partial charge on any atom is -0.454 e. The number of nitrogens with zero attached hydrogens (tertiary/aromatic N) is 3. The van der Waals surface area contributed by atoms with E-state index in [1.807, 2.05) is 0 Å². The van der Waals surface area contributed by atoms with E-state index in [4.69, 9.17) is 20.9 Å². The molecule has 5 heterocycles. The van der Waals surface area contributed by atoms with Crippen LogP contribution in [-0.4, -0.2) is 98.8 Å². The fourth-order valence-corrected chi connectivity index (χ4v) is 5.68. The van der Waals surface area contributed by atoms with Crippen molar-refractivity contribution in [2.45, 2.75) is 42.4 Å². The number of nitrogens with two attached hydrogens (primary N) is 2. The van der Waals surface area contributed by atoms with Crippen molar-refractivity contribution in [3.8, 4) is 11.5 Å². The predicted molar refractivity (Wildman–Crippen MR) is 119 cm³/mol. The van der Waals surface area contributed by atoms with Crippen LogP contribution in [0.2, 0.25) is 0 Å². The standard InChI is InChI=1S/C21H24N8O7/c22-18-26-16-10(6-28-13(30)4-5-14(28)31)24-19(23)29-7-12(21(33,34)20(16,29)27-18)25-17(32)9-2-1-3-11-15(9)36-8-35-11/h1-3,10,12,16,33-34H,4-8H2,(H6,22,23,24,25,26,27,32)/p+1/t10-,12?,16-,20-/m0/s1. The van der Waals surface area contributed by atoms with Crippen LogP contribution in [0.3, 0.4) is 0 Å². The highest BCUT2D eigenvalue weighted by Crippen LogP contribution is 2.42. The highest BCUT2D eigenvalue weighted by atomic mass is 16.7. The number of hydrogen-bond donors (Lipinski definition) is 7. The summed E-state index contributed by atoms with van der Waals surface area (Å²) in [6.07, 6.45) is 0.207. The number of likely N-dealkylation sites (tertiary alicyclic amines) is 1. The van der Waals surface area contributed by atoms with E-state index in [2.05, 4.69) is 20.9 Å². The molecule has 1 aromatic rings. The van der Waals surface area contributed by atoms with E-state index < -0.39 is 35.5 Å². The second-order valence-electron chi connectivity index (χ2n) is 9.29. The number of imide groups is 1. The zero-order chi connectivity index (χ0) is 25.4. The molecule has 4 atom stereocenters. The molecule has 1 unspecified atom stereocenters. The van der Waals surface area contributed by atoms with Gasteiger partial charge in [0.1, 0.15) is 18.1 Å². The summed E-state index contributed by atoms with van der Waals surface area (Å²) in [6, 6.07) is 1.78. The van der Waals surface area contributed by atoms with Gasteiger partial charge in [-0.3, -0.25) is 30.3 Å². The molecular formula is C21H25N8O7+. The van der Waals surface area contributed by atoms with Gasteiger partial charge in [0, 0.05) is 12.8 Å². The quantitative estimate of drug-likeness (QED) is 0.119. The van der Waals surface area contributed by atoms with Crippen molar-refractivity contribution in [2.75, 3.05) is 19.9 Å². The number of carbonyl (C=O) groups excluding carboxylic acids is 3. The van der Waals surface area contributed by atoms with E-state index in [9.17, 15) is 24.6 Å². The van der Waals surface area contributed by atoms with Gasteiger partial charge in [-0.15, -0.1) is 0 Å². The Morgan fingerprint density at radius 1 is 1.25 bits per heavy atom. The van der Waals surface area contributed by atoms with Crippen LogP contribution in [-0.2, 0) is 9.59 Å². The molecule has 0 radical (unpaired) electrons. The Balaban J connectivity index is 1.33. The maximum Gasteiger partial charge on any atom is 0.346 e. The Morgan fingerprint density at radius 2 is 2.00 bits per heavy atom. The van der Waals surface area contributed by atoms with Crippen LogP contribution in [0.25, 0.3) is 0 Å². The summed E-state index contributed by atoms with van der Waals surface area (Å²) in [5.74, 6) is -3.33. The van der Waals surface area contributed by atoms with Gasteiger partial charge in [-0.2, -0.15) is 0 Å². The first kappa shape index (κ1) is 22.4. The number of ether oxygens (including phenoxy) is 2. The highest BCUT2D eigenvalue weighted by molar-refractivity contribution is 6.02. The number of guanidine groups is 2. The molecule has 0 aliphatic carbocycles. The number of aliphatic imine (C=N–C) groups is 1. The molecule has 0 aromatic heterocycles. The number of benzene rings is 1. The predicted octanol–water partition coefficient (Wildman–Crippen LogP) is -4.36. The number of rotatable bonds is 4. The smallest absolute Gasteiger partial charge is 0.346 e. The van der Waals surface area contributed by atoms with E-state index in [-0.39, 0.29) is 67.8 Å². The fraction of sp³-hybridized carbons (Fsp3) is 0.476. The Morgan fingerprint density at radius 3 is 2.75 bits per heavy atom. The SMILES string of the molecule is NC1=N[C@H]2[C@H](CN3C(=O)CCC3=O)NC(N)=[N+]3CC(NC(=O)c4cccc5c4OCO5)C(O)(O)[C@]23N1. The van der Waals surface area contributed by atoms with Crippen molar-refractivity contribution in [3.05, 3.63) is 23.8 Å². The summed E-state index contributed by atoms with van der Waals surface area (Å²) >= 11 is 0. The lowest BCUT2D eigenvalue weighted by atomic mass is 9.85. The van der Waals surface area contributed by atoms with Crippen molar-refractivity contribution < 1.29 is 38.6 Å². The second kappa shape index (κ2) is 7.44. The van der Waals surface area contributed by atoms with Gasteiger partial charge in [0.15, 0.2) is 17.5 Å². The molecule has 5 aliphatic heterocycles. The first-order valence-corrected chi connectivity index (χ1v) is 11.4. The van der Waals surface area contributed by atoms with E-state index in [0.717, 1.165) is 4.90 Å². The summed E-state index contributed by atoms with van der Waals surface area (Å²) in [7, 11) is 0. The molecule has 190 valence electrons. The molecule has 15 heteroatoms. The summed E-state index contributed by atoms with van der Waals surface area (Å²) in [6.45, 7) is -0.255. The molecule has 1 aromatic carbocycles. The number of para-hydroxylation sites is 1. The van der Waals surface area contributed by atoms with Crippen LogP contribution >= 0.6 is 0 Å². The van der Waals surface area contributed by atoms with Crippen LogP contribution in [0.4, 0.5) is 0 Å². The summed E-state index contributed by atoms with van der Waals surface area (Å²) in [4.78, 5) is 43.1. The molecule has 5 aliphatic rings. The summed E-state index contributed by atoms with van der Waals surface area (Å²) in [5.41, 5.74) is 10.7. The third kappa shape index (κ3) is 2.89. The van der Waals surface area contributed by atoms with Gasteiger partial charge in [-0.05, 0) is 12.1 Å². The van der Waals surface area contributed by atoms with E-state index in [1.165, 1.54) is 10.6 Å². The van der Waals surface area contributed by atoms with Crippen LogP contribution in [0.15, 0.2) is 23.2 Å². The monoisotopic (exact) mass is 501 g/mol. The van der Waals surface area contributed by atoms with Gasteiger partial charge in [0.2, 0.25) is 30.1 Å². The summed E-state index contributed by atoms with van der Waals surface area (Å²) in [5, 5.41) is 31.6. The number of aliphatic hydroxyl groups is 2. The molecule has 2 saturated heterocycles. The minimum atomic E-state index is -2.64. The largest absolute Gasteiger partial charge is 0.454 e. The third-order valence-corrected chi connectivity index (χ3v) is 7.35. The highest BCUT2D eigenvalue weighted by Gasteiger charge is 2.75. The molecule has 9 N–H and O–H groups in total. The van der Waals surface area contributed by atoms with Gasteiger partial charge in [0.05, 0.1) is 18.7 Å². The zero-order valence-electron chi connectivity index (χ0n) is 18.9. The van der Waals surface area contributed by atoms with Crippen LogP contribution < -0.4 is 36.9 Å². The average molecular weight is 501 g/mol. The molecular weight excluding hydrogens is 476 g/mol. The van der Waals surface area contributed by atoms with Crippen molar-refractivity contribution in [1.29, 1.82) is 0 Å². The van der Waals surface area contributed by atoms with Crippen molar-refractivity contribution in [3.63, 3.8) is 0 Å². The van der Waals surface area contributed by atoms with Gasteiger partial charge < -0.3 is 36.1 Å².